The number of esters is 1. The van der Waals surface area contributed by atoms with Gasteiger partial charge in [-0.25, -0.2) is 4.79 Å². The standard InChI is InChI=1S/C22H26ClN3O3S/c1-3-29-21(27)19-9-6-17(14-20(19)23)25-22(30)24-15(2)16-4-7-18(8-5-16)26-10-12-28-13-11-26/h4-9,14-15H,3,10-13H2,1-2H3,(H2,24,25,30)/t15-/m0/s1. The van der Waals surface area contributed by atoms with Crippen molar-refractivity contribution in [3.05, 3.63) is 58.6 Å². The molecule has 0 radical (unpaired) electrons. The molecule has 0 aliphatic carbocycles. The molecular formula is C22H26ClN3O3S. The summed E-state index contributed by atoms with van der Waals surface area (Å²) >= 11 is 11.6. The zero-order valence-electron chi connectivity index (χ0n) is 17.1. The molecule has 0 aromatic heterocycles. The van der Waals surface area contributed by atoms with E-state index in [2.05, 4.69) is 46.7 Å². The molecule has 160 valence electrons. The SMILES string of the molecule is CCOC(=O)c1ccc(NC(=S)N[C@@H](C)c2ccc(N3CCOCC3)cc2)cc1Cl. The predicted octanol–water partition coefficient (Wildman–Crippen LogP) is 4.40. The normalized spacial score (nSPS) is 14.7. The molecule has 1 saturated heterocycles. The number of anilines is 2. The number of ether oxygens (including phenoxy) is 2. The second-order valence-electron chi connectivity index (χ2n) is 6.93. The number of hydrogen-bond acceptors (Lipinski definition) is 5. The zero-order chi connectivity index (χ0) is 21.5. The van der Waals surface area contributed by atoms with Crippen LogP contribution < -0.4 is 15.5 Å². The van der Waals surface area contributed by atoms with Crippen molar-refractivity contribution in [2.45, 2.75) is 19.9 Å². The first-order valence-electron chi connectivity index (χ1n) is 9.94. The number of rotatable bonds is 6. The van der Waals surface area contributed by atoms with Gasteiger partial charge in [0.1, 0.15) is 0 Å². The molecule has 2 aromatic carbocycles. The molecule has 30 heavy (non-hydrogen) atoms. The molecule has 0 saturated carbocycles. The highest BCUT2D eigenvalue weighted by atomic mass is 35.5. The number of carbonyl (C=O) groups excluding carboxylic acids is 1. The average molecular weight is 448 g/mol. The molecule has 0 amide bonds. The Bertz CT molecular complexity index is 886. The number of nitrogens with one attached hydrogen (secondary N) is 2. The third-order valence-electron chi connectivity index (χ3n) is 4.84. The minimum atomic E-state index is -0.441. The van der Waals surface area contributed by atoms with Gasteiger partial charge in [-0.3, -0.25) is 0 Å². The molecule has 2 N–H and O–H groups in total. The average Bonchev–Trinajstić information content (AvgIpc) is 2.74. The molecule has 1 heterocycles. The van der Waals surface area contributed by atoms with Crippen LogP contribution in [-0.2, 0) is 9.47 Å². The summed E-state index contributed by atoms with van der Waals surface area (Å²) in [5, 5.41) is 7.16. The van der Waals surface area contributed by atoms with E-state index in [9.17, 15) is 4.79 Å². The lowest BCUT2D eigenvalue weighted by Gasteiger charge is -2.29. The lowest BCUT2D eigenvalue weighted by Crippen LogP contribution is -2.36. The van der Waals surface area contributed by atoms with Crippen LogP contribution in [0, 0.1) is 0 Å². The van der Waals surface area contributed by atoms with Crippen molar-refractivity contribution < 1.29 is 14.3 Å². The van der Waals surface area contributed by atoms with Gasteiger partial charge in [-0.05, 0) is 62.0 Å². The Balaban J connectivity index is 1.56. The molecule has 1 atom stereocenters. The van der Waals surface area contributed by atoms with Gasteiger partial charge in [-0.15, -0.1) is 0 Å². The van der Waals surface area contributed by atoms with E-state index >= 15 is 0 Å². The number of benzene rings is 2. The molecule has 8 heteroatoms. The van der Waals surface area contributed by atoms with Crippen molar-refractivity contribution in [3.8, 4) is 0 Å². The minimum Gasteiger partial charge on any atom is -0.462 e. The van der Waals surface area contributed by atoms with Gasteiger partial charge in [0, 0.05) is 24.5 Å². The topological polar surface area (TPSA) is 62.8 Å². The summed E-state index contributed by atoms with van der Waals surface area (Å²) in [6.45, 7) is 7.47. The van der Waals surface area contributed by atoms with E-state index in [0.29, 0.717) is 28.0 Å². The van der Waals surface area contributed by atoms with E-state index in [1.165, 1.54) is 5.69 Å². The molecule has 6 nitrogen and oxygen atoms in total. The Labute approximate surface area is 187 Å². The van der Waals surface area contributed by atoms with Crippen LogP contribution in [-0.4, -0.2) is 44.0 Å². The minimum absolute atomic E-state index is 0.0259. The maximum absolute atomic E-state index is 11.9. The fourth-order valence-corrected chi connectivity index (χ4v) is 3.76. The van der Waals surface area contributed by atoms with Crippen LogP contribution in [0.15, 0.2) is 42.5 Å². The van der Waals surface area contributed by atoms with Gasteiger partial charge in [-0.2, -0.15) is 0 Å². The van der Waals surface area contributed by atoms with E-state index in [0.717, 1.165) is 31.9 Å². The highest BCUT2D eigenvalue weighted by Gasteiger charge is 2.14. The quantitative estimate of drug-likeness (QED) is 0.502. The molecule has 2 aromatic rings. The molecule has 0 unspecified atom stereocenters. The highest BCUT2D eigenvalue weighted by Crippen LogP contribution is 2.23. The van der Waals surface area contributed by atoms with Gasteiger partial charge in [0.05, 0.1) is 36.4 Å². The third kappa shape index (κ3) is 5.84. The second kappa shape index (κ2) is 10.6. The third-order valence-corrected chi connectivity index (χ3v) is 5.37. The number of thiocarbonyl (C=S) groups is 1. The number of hydrogen-bond donors (Lipinski definition) is 2. The van der Waals surface area contributed by atoms with Crippen molar-refractivity contribution in [2.24, 2.45) is 0 Å². The van der Waals surface area contributed by atoms with Gasteiger partial charge >= 0.3 is 5.97 Å². The molecule has 1 fully saturated rings. The lowest BCUT2D eigenvalue weighted by molar-refractivity contribution is 0.0526. The second-order valence-corrected chi connectivity index (χ2v) is 7.74. The van der Waals surface area contributed by atoms with E-state index in [1.54, 1.807) is 25.1 Å². The Hall–Kier alpha value is -2.35. The maximum Gasteiger partial charge on any atom is 0.339 e. The number of nitrogens with zero attached hydrogens (tertiary/aromatic N) is 1. The first-order chi connectivity index (χ1) is 14.5. The molecular weight excluding hydrogens is 422 g/mol. The molecule has 0 bridgehead atoms. The van der Waals surface area contributed by atoms with Crippen LogP contribution in [0.4, 0.5) is 11.4 Å². The van der Waals surface area contributed by atoms with Crippen molar-refractivity contribution in [1.82, 2.24) is 5.32 Å². The Morgan fingerprint density at radius 3 is 2.57 bits per heavy atom. The van der Waals surface area contributed by atoms with Crippen LogP contribution in [0.25, 0.3) is 0 Å². The van der Waals surface area contributed by atoms with Crippen LogP contribution in [0.5, 0.6) is 0 Å². The fraction of sp³-hybridized carbons (Fsp3) is 0.364. The molecule has 1 aliphatic rings. The summed E-state index contributed by atoms with van der Waals surface area (Å²) in [6.07, 6.45) is 0. The number of morpholine rings is 1. The van der Waals surface area contributed by atoms with E-state index in [-0.39, 0.29) is 6.04 Å². The van der Waals surface area contributed by atoms with Gasteiger partial charge < -0.3 is 25.0 Å². The maximum atomic E-state index is 11.9. The van der Waals surface area contributed by atoms with Crippen LogP contribution in [0.1, 0.15) is 35.8 Å². The Morgan fingerprint density at radius 2 is 1.93 bits per heavy atom. The van der Waals surface area contributed by atoms with Crippen LogP contribution in [0.2, 0.25) is 5.02 Å². The Kier molecular flexibility index (Phi) is 7.90. The smallest absolute Gasteiger partial charge is 0.339 e. The summed E-state index contributed by atoms with van der Waals surface area (Å²) in [5.41, 5.74) is 3.36. The lowest BCUT2D eigenvalue weighted by atomic mass is 10.1. The molecule has 3 rings (SSSR count). The fourth-order valence-electron chi connectivity index (χ4n) is 3.21. The van der Waals surface area contributed by atoms with Gasteiger partial charge in [0.25, 0.3) is 0 Å². The van der Waals surface area contributed by atoms with Crippen molar-refractivity contribution >= 4 is 46.3 Å². The van der Waals surface area contributed by atoms with E-state index in [1.807, 2.05) is 0 Å². The molecule has 0 spiro atoms. The van der Waals surface area contributed by atoms with Gasteiger partial charge in [0.2, 0.25) is 0 Å². The molecule has 1 aliphatic heterocycles. The Morgan fingerprint density at radius 1 is 1.23 bits per heavy atom. The largest absolute Gasteiger partial charge is 0.462 e. The monoisotopic (exact) mass is 447 g/mol. The number of carbonyl (C=O) groups is 1. The summed E-state index contributed by atoms with van der Waals surface area (Å²) < 4.78 is 10.4. The predicted molar refractivity (Wildman–Crippen MR) is 125 cm³/mol. The van der Waals surface area contributed by atoms with Crippen molar-refractivity contribution in [3.63, 3.8) is 0 Å². The van der Waals surface area contributed by atoms with E-state index < -0.39 is 5.97 Å². The number of halogens is 1. The summed E-state index contributed by atoms with van der Waals surface area (Å²) in [4.78, 5) is 14.2. The summed E-state index contributed by atoms with van der Waals surface area (Å²) in [7, 11) is 0. The first kappa shape index (κ1) is 22.3. The van der Waals surface area contributed by atoms with Crippen LogP contribution in [0.3, 0.4) is 0 Å². The highest BCUT2D eigenvalue weighted by molar-refractivity contribution is 7.80. The summed E-state index contributed by atoms with van der Waals surface area (Å²) in [5.74, 6) is -0.441. The van der Waals surface area contributed by atoms with Gasteiger partial charge in [-0.1, -0.05) is 23.7 Å². The summed E-state index contributed by atoms with van der Waals surface area (Å²) in [6, 6.07) is 13.5. The van der Waals surface area contributed by atoms with E-state index in [4.69, 9.17) is 33.3 Å². The first-order valence-corrected chi connectivity index (χ1v) is 10.7. The van der Waals surface area contributed by atoms with Crippen molar-refractivity contribution in [1.29, 1.82) is 0 Å². The van der Waals surface area contributed by atoms with Crippen molar-refractivity contribution in [2.75, 3.05) is 43.1 Å². The van der Waals surface area contributed by atoms with Gasteiger partial charge in [0.15, 0.2) is 5.11 Å². The zero-order valence-corrected chi connectivity index (χ0v) is 18.7. The van der Waals surface area contributed by atoms with Crippen LogP contribution >= 0.6 is 23.8 Å².